The SMILES string of the molecule is CCCC(CBr)CN1CCC(C(C)C)CC1. The molecule has 1 aliphatic heterocycles. The number of likely N-dealkylation sites (tertiary alicyclic amines) is 1. The second kappa shape index (κ2) is 7.71. The molecule has 0 bridgehead atoms. The molecule has 0 aliphatic carbocycles. The number of nitrogens with zero attached hydrogens (tertiary/aromatic N) is 1. The van der Waals surface area contributed by atoms with Gasteiger partial charge in [-0.15, -0.1) is 0 Å². The lowest BCUT2D eigenvalue weighted by Gasteiger charge is -2.35. The molecule has 0 saturated carbocycles. The molecule has 0 aromatic heterocycles. The van der Waals surface area contributed by atoms with Crippen LogP contribution in [0.4, 0.5) is 0 Å². The summed E-state index contributed by atoms with van der Waals surface area (Å²) in [6.45, 7) is 11.0. The molecule has 0 radical (unpaired) electrons. The summed E-state index contributed by atoms with van der Waals surface area (Å²) in [5, 5.41) is 1.17. The van der Waals surface area contributed by atoms with Gasteiger partial charge in [0.1, 0.15) is 0 Å². The van der Waals surface area contributed by atoms with Crippen LogP contribution in [0.1, 0.15) is 46.5 Å². The van der Waals surface area contributed by atoms with Gasteiger partial charge < -0.3 is 4.90 Å². The first kappa shape index (κ1) is 14.5. The summed E-state index contributed by atoms with van der Waals surface area (Å²) in [5.74, 6) is 2.72. The lowest BCUT2D eigenvalue weighted by molar-refractivity contribution is 0.141. The summed E-state index contributed by atoms with van der Waals surface area (Å²) >= 11 is 3.65. The number of rotatable bonds is 6. The summed E-state index contributed by atoms with van der Waals surface area (Å²) in [7, 11) is 0. The fraction of sp³-hybridized carbons (Fsp3) is 1.00. The minimum absolute atomic E-state index is 0.862. The number of halogens is 1. The van der Waals surface area contributed by atoms with E-state index in [1.54, 1.807) is 0 Å². The third kappa shape index (κ3) is 4.75. The Morgan fingerprint density at radius 1 is 1.25 bits per heavy atom. The summed E-state index contributed by atoms with van der Waals surface area (Å²) in [5.41, 5.74) is 0. The van der Waals surface area contributed by atoms with Crippen molar-refractivity contribution in [1.29, 1.82) is 0 Å². The standard InChI is InChI=1S/C14H28BrN/c1-4-5-13(10-15)11-16-8-6-14(7-9-16)12(2)3/h12-14H,4-11H2,1-3H3. The monoisotopic (exact) mass is 289 g/mol. The van der Waals surface area contributed by atoms with Gasteiger partial charge in [-0.2, -0.15) is 0 Å². The van der Waals surface area contributed by atoms with Crippen LogP contribution in [-0.2, 0) is 0 Å². The first-order valence-corrected chi connectivity index (χ1v) is 8.07. The molecule has 0 amide bonds. The molecule has 0 spiro atoms. The van der Waals surface area contributed by atoms with Crippen LogP contribution in [0.5, 0.6) is 0 Å². The Kier molecular flexibility index (Phi) is 6.98. The first-order valence-electron chi connectivity index (χ1n) is 6.95. The smallest absolute Gasteiger partial charge is 0.00718 e. The van der Waals surface area contributed by atoms with Gasteiger partial charge in [-0.25, -0.2) is 0 Å². The molecule has 2 heteroatoms. The van der Waals surface area contributed by atoms with Crippen LogP contribution in [0, 0.1) is 17.8 Å². The highest BCUT2D eigenvalue weighted by molar-refractivity contribution is 9.09. The molecule has 1 unspecified atom stereocenters. The fourth-order valence-electron chi connectivity index (χ4n) is 2.79. The fourth-order valence-corrected chi connectivity index (χ4v) is 3.32. The minimum Gasteiger partial charge on any atom is -0.303 e. The molecule has 1 saturated heterocycles. The van der Waals surface area contributed by atoms with Gasteiger partial charge in [-0.05, 0) is 50.1 Å². The Balaban J connectivity index is 2.25. The van der Waals surface area contributed by atoms with Gasteiger partial charge in [0.25, 0.3) is 0 Å². The second-order valence-electron chi connectivity index (χ2n) is 5.69. The van der Waals surface area contributed by atoms with E-state index < -0.39 is 0 Å². The van der Waals surface area contributed by atoms with E-state index in [0.717, 1.165) is 17.8 Å². The molecule has 1 atom stereocenters. The van der Waals surface area contributed by atoms with Crippen molar-refractivity contribution in [2.24, 2.45) is 17.8 Å². The van der Waals surface area contributed by atoms with E-state index in [-0.39, 0.29) is 0 Å². The maximum Gasteiger partial charge on any atom is 0.00718 e. The third-order valence-corrected chi connectivity index (χ3v) is 4.92. The Hall–Kier alpha value is 0.440. The summed E-state index contributed by atoms with van der Waals surface area (Å²) in [6.07, 6.45) is 5.52. The van der Waals surface area contributed by atoms with Crippen molar-refractivity contribution in [3.8, 4) is 0 Å². The van der Waals surface area contributed by atoms with Crippen LogP contribution in [0.25, 0.3) is 0 Å². The van der Waals surface area contributed by atoms with Crippen molar-refractivity contribution in [3.05, 3.63) is 0 Å². The highest BCUT2D eigenvalue weighted by Crippen LogP contribution is 2.25. The van der Waals surface area contributed by atoms with Crippen LogP contribution in [-0.4, -0.2) is 29.9 Å². The van der Waals surface area contributed by atoms with Crippen LogP contribution in [0.3, 0.4) is 0 Å². The molecular weight excluding hydrogens is 262 g/mol. The lowest BCUT2D eigenvalue weighted by Crippen LogP contribution is -2.38. The average Bonchev–Trinajstić information content (AvgIpc) is 2.29. The Morgan fingerprint density at radius 3 is 2.31 bits per heavy atom. The number of hydrogen-bond donors (Lipinski definition) is 0. The zero-order valence-electron chi connectivity index (χ0n) is 11.2. The molecule has 1 heterocycles. The Morgan fingerprint density at radius 2 is 1.88 bits per heavy atom. The van der Waals surface area contributed by atoms with Gasteiger partial charge in [0.05, 0.1) is 0 Å². The molecular formula is C14H28BrN. The number of piperidine rings is 1. The molecule has 0 aromatic carbocycles. The number of alkyl halides is 1. The Bertz CT molecular complexity index is 174. The van der Waals surface area contributed by atoms with Crippen LogP contribution in [0.2, 0.25) is 0 Å². The van der Waals surface area contributed by atoms with Crippen molar-refractivity contribution in [2.45, 2.75) is 46.5 Å². The molecule has 1 aliphatic rings. The van der Waals surface area contributed by atoms with E-state index in [0.29, 0.717) is 0 Å². The van der Waals surface area contributed by atoms with Crippen molar-refractivity contribution >= 4 is 15.9 Å². The highest BCUT2D eigenvalue weighted by atomic mass is 79.9. The lowest BCUT2D eigenvalue weighted by atomic mass is 9.86. The molecule has 96 valence electrons. The quantitative estimate of drug-likeness (QED) is 0.664. The average molecular weight is 290 g/mol. The highest BCUT2D eigenvalue weighted by Gasteiger charge is 2.22. The maximum atomic E-state index is 3.65. The van der Waals surface area contributed by atoms with Gasteiger partial charge in [0, 0.05) is 11.9 Å². The van der Waals surface area contributed by atoms with E-state index >= 15 is 0 Å². The molecule has 1 fully saturated rings. The molecule has 1 rings (SSSR count). The van der Waals surface area contributed by atoms with Crippen molar-refractivity contribution in [3.63, 3.8) is 0 Å². The minimum atomic E-state index is 0.862. The van der Waals surface area contributed by atoms with Crippen LogP contribution in [0.15, 0.2) is 0 Å². The largest absolute Gasteiger partial charge is 0.303 e. The van der Waals surface area contributed by atoms with Gasteiger partial charge in [-0.1, -0.05) is 43.1 Å². The van der Waals surface area contributed by atoms with Gasteiger partial charge in [-0.3, -0.25) is 0 Å². The van der Waals surface area contributed by atoms with E-state index in [2.05, 4.69) is 41.6 Å². The third-order valence-electron chi connectivity index (χ3n) is 4.01. The predicted octanol–water partition coefficient (Wildman–Crippen LogP) is 4.17. The van der Waals surface area contributed by atoms with Gasteiger partial charge in [0.2, 0.25) is 0 Å². The van der Waals surface area contributed by atoms with Gasteiger partial charge >= 0.3 is 0 Å². The van der Waals surface area contributed by atoms with Crippen LogP contribution >= 0.6 is 15.9 Å². The van der Waals surface area contributed by atoms with E-state index in [1.807, 2.05) is 0 Å². The Labute approximate surface area is 110 Å². The van der Waals surface area contributed by atoms with E-state index in [4.69, 9.17) is 0 Å². The zero-order valence-corrected chi connectivity index (χ0v) is 12.8. The summed E-state index contributed by atoms with van der Waals surface area (Å²) in [6, 6.07) is 0. The van der Waals surface area contributed by atoms with E-state index in [1.165, 1.54) is 50.6 Å². The number of hydrogen-bond acceptors (Lipinski definition) is 1. The molecule has 0 N–H and O–H groups in total. The van der Waals surface area contributed by atoms with E-state index in [9.17, 15) is 0 Å². The first-order chi connectivity index (χ1) is 7.67. The van der Waals surface area contributed by atoms with Crippen molar-refractivity contribution in [1.82, 2.24) is 4.90 Å². The molecule has 0 aromatic rings. The summed E-state index contributed by atoms with van der Waals surface area (Å²) in [4.78, 5) is 2.68. The summed E-state index contributed by atoms with van der Waals surface area (Å²) < 4.78 is 0. The normalized spacial score (nSPS) is 21.6. The van der Waals surface area contributed by atoms with Crippen LogP contribution < -0.4 is 0 Å². The predicted molar refractivity (Wildman–Crippen MR) is 76.2 cm³/mol. The zero-order chi connectivity index (χ0) is 12.0. The second-order valence-corrected chi connectivity index (χ2v) is 6.34. The van der Waals surface area contributed by atoms with Gasteiger partial charge in [0.15, 0.2) is 0 Å². The maximum absolute atomic E-state index is 3.65. The molecule has 1 nitrogen and oxygen atoms in total. The topological polar surface area (TPSA) is 3.24 Å². The van der Waals surface area contributed by atoms with Crippen molar-refractivity contribution in [2.75, 3.05) is 25.0 Å². The van der Waals surface area contributed by atoms with Crippen molar-refractivity contribution < 1.29 is 0 Å². The molecule has 16 heavy (non-hydrogen) atoms.